The van der Waals surface area contributed by atoms with E-state index < -0.39 is 5.97 Å². The third-order valence-corrected chi connectivity index (χ3v) is 5.31. The maximum Gasteiger partial charge on any atom is 0.340 e. The molecule has 0 fully saturated rings. The van der Waals surface area contributed by atoms with Crippen LogP contribution in [0, 0.1) is 0 Å². The summed E-state index contributed by atoms with van der Waals surface area (Å²) in [6.07, 6.45) is 3.73. The lowest BCUT2D eigenvalue weighted by molar-refractivity contribution is 0.0527. The lowest BCUT2D eigenvalue weighted by Gasteiger charge is -2.15. The Balaban J connectivity index is 2.00. The molecule has 4 aromatic rings. The van der Waals surface area contributed by atoms with Gasteiger partial charge in [0, 0.05) is 21.0 Å². The van der Waals surface area contributed by atoms with Crippen molar-refractivity contribution in [3.63, 3.8) is 0 Å². The number of pyridine rings is 1. The third kappa shape index (κ3) is 4.63. The fraction of sp³-hybridized carbons (Fsp3) is 0.0769. The molecule has 0 N–H and O–H groups in total. The van der Waals surface area contributed by atoms with Crippen LogP contribution in [0.15, 0.2) is 72.8 Å². The number of nitrogens with zero attached hydrogens (tertiary/aromatic N) is 1. The number of aromatic nitrogens is 1. The first kappa shape index (κ1) is 21.1. The summed E-state index contributed by atoms with van der Waals surface area (Å²) in [4.78, 5) is 17.9. The highest BCUT2D eigenvalue weighted by atomic mass is 35.5. The maximum atomic E-state index is 13.1. The highest BCUT2D eigenvalue weighted by molar-refractivity contribution is 6.31. The molecule has 1 aromatic heterocycles. The molecule has 1 heterocycles. The molecule has 0 aliphatic rings. The van der Waals surface area contributed by atoms with Gasteiger partial charge in [-0.2, -0.15) is 0 Å². The minimum Gasteiger partial charge on any atom is -0.462 e. The van der Waals surface area contributed by atoms with Crippen molar-refractivity contribution in [2.75, 3.05) is 6.61 Å². The average Bonchev–Trinajstić information content (AvgIpc) is 2.78. The molecule has 0 aliphatic carbocycles. The van der Waals surface area contributed by atoms with Crippen LogP contribution in [0.3, 0.4) is 0 Å². The van der Waals surface area contributed by atoms with Crippen molar-refractivity contribution in [1.29, 1.82) is 0 Å². The van der Waals surface area contributed by atoms with E-state index in [2.05, 4.69) is 0 Å². The normalized spacial score (nSPS) is 11.2. The zero-order chi connectivity index (χ0) is 21.8. The fourth-order valence-electron chi connectivity index (χ4n) is 3.44. The van der Waals surface area contributed by atoms with Gasteiger partial charge in [-0.05, 0) is 54.5 Å². The van der Waals surface area contributed by atoms with Gasteiger partial charge in [-0.1, -0.05) is 71.7 Å². The summed E-state index contributed by atoms with van der Waals surface area (Å²) in [7, 11) is 0. The Hall–Kier alpha value is -3.14. The molecule has 0 bridgehead atoms. The minimum atomic E-state index is -0.425. The number of fused-ring (bicyclic) bond motifs is 1. The Kier molecular flexibility index (Phi) is 6.36. The van der Waals surface area contributed by atoms with Gasteiger partial charge in [0.1, 0.15) is 0 Å². The third-order valence-electron chi connectivity index (χ3n) is 4.82. The van der Waals surface area contributed by atoms with Gasteiger partial charge in [0.2, 0.25) is 0 Å². The second kappa shape index (κ2) is 9.34. The number of hydrogen-bond donors (Lipinski definition) is 0. The van der Waals surface area contributed by atoms with E-state index in [0.717, 1.165) is 27.6 Å². The van der Waals surface area contributed by atoms with E-state index >= 15 is 0 Å². The molecule has 0 radical (unpaired) electrons. The van der Waals surface area contributed by atoms with Gasteiger partial charge in [-0.15, -0.1) is 0 Å². The molecule has 31 heavy (non-hydrogen) atoms. The number of carbonyl (C=O) groups is 1. The number of halogens is 2. The number of benzene rings is 3. The molecule has 0 amide bonds. The lowest BCUT2D eigenvalue weighted by atomic mass is 9.93. The predicted octanol–water partition coefficient (Wildman–Crippen LogP) is 7.56. The van der Waals surface area contributed by atoms with Crippen molar-refractivity contribution < 1.29 is 9.53 Å². The smallest absolute Gasteiger partial charge is 0.340 e. The van der Waals surface area contributed by atoms with Crippen LogP contribution in [0.1, 0.15) is 28.5 Å². The van der Waals surface area contributed by atoms with Gasteiger partial charge in [-0.25, -0.2) is 9.78 Å². The molecule has 0 aliphatic heterocycles. The molecule has 4 rings (SSSR count). The summed E-state index contributed by atoms with van der Waals surface area (Å²) in [6, 6.07) is 22.7. The Morgan fingerprint density at radius 1 is 0.935 bits per heavy atom. The topological polar surface area (TPSA) is 39.2 Å². The summed E-state index contributed by atoms with van der Waals surface area (Å²) in [6.45, 7) is 2.05. The Morgan fingerprint density at radius 3 is 2.35 bits per heavy atom. The van der Waals surface area contributed by atoms with E-state index in [0.29, 0.717) is 21.3 Å². The summed E-state index contributed by atoms with van der Waals surface area (Å²) in [5.41, 5.74) is 4.27. The first-order valence-corrected chi connectivity index (χ1v) is 10.6. The summed E-state index contributed by atoms with van der Waals surface area (Å²) < 4.78 is 5.41. The number of esters is 1. The summed E-state index contributed by atoms with van der Waals surface area (Å²) in [5, 5.41) is 2.03. The number of rotatable bonds is 5. The second-order valence-electron chi connectivity index (χ2n) is 6.88. The standard InChI is InChI=1S/C26H19Cl2NO2/c1-2-31-26(30)25-23(14-10-17-8-11-19(27)12-9-17)29-22-15-13-20(28)16-21(22)24(25)18-6-4-3-5-7-18/h3-16H,2H2,1H3/b14-10+. The van der Waals surface area contributed by atoms with Gasteiger partial charge in [0.25, 0.3) is 0 Å². The van der Waals surface area contributed by atoms with Crippen LogP contribution in [0.4, 0.5) is 0 Å². The van der Waals surface area contributed by atoms with Crippen molar-refractivity contribution in [3.05, 3.63) is 99.7 Å². The van der Waals surface area contributed by atoms with Crippen molar-refractivity contribution in [3.8, 4) is 11.1 Å². The first-order valence-electron chi connectivity index (χ1n) is 9.86. The molecule has 3 nitrogen and oxygen atoms in total. The molecule has 154 valence electrons. The van der Waals surface area contributed by atoms with Crippen molar-refractivity contribution in [1.82, 2.24) is 4.98 Å². The summed E-state index contributed by atoms with van der Waals surface area (Å²) in [5.74, 6) is -0.425. The molecule has 0 spiro atoms. The molecular weight excluding hydrogens is 429 g/mol. The molecule has 0 atom stereocenters. The zero-order valence-corrected chi connectivity index (χ0v) is 18.3. The van der Waals surface area contributed by atoms with Gasteiger partial charge >= 0.3 is 5.97 Å². The van der Waals surface area contributed by atoms with Crippen LogP contribution in [-0.2, 0) is 4.74 Å². The highest BCUT2D eigenvalue weighted by Gasteiger charge is 2.22. The lowest BCUT2D eigenvalue weighted by Crippen LogP contribution is -2.11. The van der Waals surface area contributed by atoms with Crippen molar-refractivity contribution in [2.24, 2.45) is 0 Å². The van der Waals surface area contributed by atoms with E-state index in [1.165, 1.54) is 0 Å². The zero-order valence-electron chi connectivity index (χ0n) is 16.8. The molecule has 0 unspecified atom stereocenters. The van der Waals surface area contributed by atoms with Crippen molar-refractivity contribution >= 4 is 52.2 Å². The Bertz CT molecular complexity index is 1270. The van der Waals surface area contributed by atoms with E-state index in [-0.39, 0.29) is 6.61 Å². The van der Waals surface area contributed by atoms with Crippen LogP contribution < -0.4 is 0 Å². The van der Waals surface area contributed by atoms with Crippen LogP contribution in [-0.4, -0.2) is 17.6 Å². The van der Waals surface area contributed by atoms with E-state index in [1.807, 2.05) is 78.9 Å². The SMILES string of the molecule is CCOC(=O)c1c(/C=C/c2ccc(Cl)cc2)nc2ccc(Cl)cc2c1-c1ccccc1. The van der Waals surface area contributed by atoms with Gasteiger partial charge in [-0.3, -0.25) is 0 Å². The van der Waals surface area contributed by atoms with Crippen LogP contribution in [0.2, 0.25) is 10.0 Å². The van der Waals surface area contributed by atoms with E-state index in [4.69, 9.17) is 32.9 Å². The molecular formula is C26H19Cl2NO2. The minimum absolute atomic E-state index is 0.265. The fourth-order valence-corrected chi connectivity index (χ4v) is 3.74. The molecule has 0 saturated carbocycles. The van der Waals surface area contributed by atoms with Gasteiger partial charge in [0.15, 0.2) is 0 Å². The van der Waals surface area contributed by atoms with Crippen LogP contribution in [0.25, 0.3) is 34.2 Å². The van der Waals surface area contributed by atoms with Crippen LogP contribution in [0.5, 0.6) is 0 Å². The monoisotopic (exact) mass is 447 g/mol. The first-order chi connectivity index (χ1) is 15.1. The van der Waals surface area contributed by atoms with Crippen molar-refractivity contribution in [2.45, 2.75) is 6.92 Å². The number of ether oxygens (including phenoxy) is 1. The Labute approximate surface area is 190 Å². The Morgan fingerprint density at radius 2 is 1.65 bits per heavy atom. The highest BCUT2D eigenvalue weighted by Crippen LogP contribution is 2.35. The number of carbonyl (C=O) groups excluding carboxylic acids is 1. The van der Waals surface area contributed by atoms with Gasteiger partial charge in [0.05, 0.1) is 23.4 Å². The maximum absolute atomic E-state index is 13.1. The van der Waals surface area contributed by atoms with Crippen LogP contribution >= 0.6 is 23.2 Å². The number of hydrogen-bond acceptors (Lipinski definition) is 3. The predicted molar refractivity (Wildman–Crippen MR) is 129 cm³/mol. The molecule has 3 aromatic carbocycles. The van der Waals surface area contributed by atoms with E-state index in [9.17, 15) is 4.79 Å². The largest absolute Gasteiger partial charge is 0.462 e. The average molecular weight is 448 g/mol. The quantitative estimate of drug-likeness (QED) is 0.296. The summed E-state index contributed by atoms with van der Waals surface area (Å²) >= 11 is 12.3. The molecule has 0 saturated heterocycles. The second-order valence-corrected chi connectivity index (χ2v) is 7.75. The molecule has 5 heteroatoms. The van der Waals surface area contributed by atoms with Gasteiger partial charge < -0.3 is 4.74 Å². The van der Waals surface area contributed by atoms with E-state index in [1.54, 1.807) is 13.0 Å².